The van der Waals surface area contributed by atoms with E-state index >= 15 is 0 Å². The summed E-state index contributed by atoms with van der Waals surface area (Å²) in [5.41, 5.74) is 5.80. The highest BCUT2D eigenvalue weighted by atomic mass is 32.2. The Morgan fingerprint density at radius 2 is 2.20 bits per heavy atom. The molecular formula is C8H16N4O2S. The minimum Gasteiger partial charge on any atom is -0.326 e. The summed E-state index contributed by atoms with van der Waals surface area (Å²) < 4.78 is 24.1. The van der Waals surface area contributed by atoms with Crippen molar-refractivity contribution in [3.05, 3.63) is 12.2 Å². The van der Waals surface area contributed by atoms with E-state index in [0.29, 0.717) is 12.2 Å². The van der Waals surface area contributed by atoms with Crippen LogP contribution in [0.3, 0.4) is 0 Å². The summed E-state index contributed by atoms with van der Waals surface area (Å²) in [6.07, 6.45) is 3.02. The lowest BCUT2D eigenvalue weighted by Gasteiger charge is -2.17. The van der Waals surface area contributed by atoms with E-state index in [0.717, 1.165) is 0 Å². The normalized spacial score (nSPS) is 16.3. The van der Waals surface area contributed by atoms with E-state index in [1.165, 1.54) is 12.6 Å². The first-order chi connectivity index (χ1) is 6.82. The molecule has 86 valence electrons. The van der Waals surface area contributed by atoms with Gasteiger partial charge in [0.15, 0.2) is 9.84 Å². The Hall–Kier alpha value is -0.950. The van der Waals surface area contributed by atoms with Crippen molar-refractivity contribution in [3.8, 4) is 0 Å². The van der Waals surface area contributed by atoms with E-state index in [9.17, 15) is 8.42 Å². The van der Waals surface area contributed by atoms with Crippen LogP contribution in [0.1, 0.15) is 12.7 Å². The molecule has 0 spiro atoms. The lowest BCUT2D eigenvalue weighted by atomic mass is 10.1. The van der Waals surface area contributed by atoms with Crippen LogP contribution in [-0.4, -0.2) is 40.7 Å². The highest BCUT2D eigenvalue weighted by Gasteiger charge is 2.24. The van der Waals surface area contributed by atoms with Crippen LogP contribution in [0.25, 0.3) is 0 Å². The first-order valence-electron chi connectivity index (χ1n) is 4.59. The molecule has 1 heterocycles. The van der Waals surface area contributed by atoms with Gasteiger partial charge in [0.25, 0.3) is 0 Å². The monoisotopic (exact) mass is 232 g/mol. The molecule has 0 amide bonds. The zero-order valence-electron chi connectivity index (χ0n) is 9.08. The number of hydrogen-bond donors (Lipinski definition) is 1. The number of rotatable bonds is 4. The first-order valence-corrected chi connectivity index (χ1v) is 6.55. The fraction of sp³-hybridized carbons (Fsp3) is 0.750. The summed E-state index contributed by atoms with van der Waals surface area (Å²) in [4.78, 5) is 4.00. The lowest BCUT2D eigenvalue weighted by molar-refractivity contribution is 0.548. The Balaban J connectivity index is 2.72. The third-order valence-electron chi connectivity index (χ3n) is 2.50. The van der Waals surface area contributed by atoms with Gasteiger partial charge in [0, 0.05) is 25.8 Å². The number of hydrogen-bond acceptors (Lipinski definition) is 5. The van der Waals surface area contributed by atoms with Gasteiger partial charge in [-0.15, -0.1) is 0 Å². The Morgan fingerprint density at radius 3 is 2.60 bits per heavy atom. The molecule has 0 aliphatic heterocycles. The quantitative estimate of drug-likeness (QED) is 0.727. The summed E-state index contributed by atoms with van der Waals surface area (Å²) in [7, 11) is -1.35. The largest absolute Gasteiger partial charge is 0.326 e. The van der Waals surface area contributed by atoms with E-state index in [-0.39, 0.29) is 0 Å². The average molecular weight is 232 g/mol. The van der Waals surface area contributed by atoms with Crippen LogP contribution in [0.5, 0.6) is 0 Å². The van der Waals surface area contributed by atoms with Crippen molar-refractivity contribution in [2.45, 2.75) is 24.6 Å². The predicted molar refractivity (Wildman–Crippen MR) is 57.0 cm³/mol. The van der Waals surface area contributed by atoms with Crippen LogP contribution in [0.4, 0.5) is 0 Å². The molecule has 1 rings (SSSR count). The molecule has 1 aromatic heterocycles. The third kappa shape index (κ3) is 3.00. The van der Waals surface area contributed by atoms with E-state index in [1.807, 2.05) is 0 Å². The molecular weight excluding hydrogens is 216 g/mol. The molecule has 0 radical (unpaired) electrons. The molecule has 0 fully saturated rings. The SMILES string of the molecule is CC(C(N)Cc1ncnn1C)S(C)(=O)=O. The molecule has 0 bridgehead atoms. The zero-order chi connectivity index (χ0) is 11.6. The smallest absolute Gasteiger partial charge is 0.151 e. The maximum absolute atomic E-state index is 11.3. The summed E-state index contributed by atoms with van der Waals surface area (Å²) in [5.74, 6) is 0.693. The molecule has 0 aromatic carbocycles. The fourth-order valence-corrected chi connectivity index (χ4v) is 1.93. The van der Waals surface area contributed by atoms with Gasteiger partial charge in [0.1, 0.15) is 12.2 Å². The predicted octanol–water partition coefficient (Wildman–Crippen LogP) is -0.882. The summed E-state index contributed by atoms with van der Waals surface area (Å²) in [5, 5.41) is 3.32. The molecule has 0 aliphatic rings. The van der Waals surface area contributed by atoms with Gasteiger partial charge in [-0.2, -0.15) is 5.10 Å². The average Bonchev–Trinajstić information content (AvgIpc) is 2.49. The van der Waals surface area contributed by atoms with Crippen molar-refractivity contribution in [3.63, 3.8) is 0 Å². The van der Waals surface area contributed by atoms with Gasteiger partial charge in [-0.3, -0.25) is 4.68 Å². The molecule has 15 heavy (non-hydrogen) atoms. The van der Waals surface area contributed by atoms with E-state index < -0.39 is 21.1 Å². The molecule has 6 nitrogen and oxygen atoms in total. The Morgan fingerprint density at radius 1 is 1.60 bits per heavy atom. The minimum atomic E-state index is -3.10. The lowest BCUT2D eigenvalue weighted by Crippen LogP contribution is -2.40. The van der Waals surface area contributed by atoms with Crippen molar-refractivity contribution in [1.29, 1.82) is 0 Å². The van der Waals surface area contributed by atoms with Gasteiger partial charge in [-0.1, -0.05) is 0 Å². The number of nitrogens with zero attached hydrogens (tertiary/aromatic N) is 3. The van der Waals surface area contributed by atoms with Crippen molar-refractivity contribution in [2.24, 2.45) is 12.8 Å². The number of aromatic nitrogens is 3. The Labute approximate surface area is 89.4 Å². The first kappa shape index (κ1) is 12.1. The van der Waals surface area contributed by atoms with Crippen molar-refractivity contribution in [2.75, 3.05) is 6.26 Å². The molecule has 0 aliphatic carbocycles. The van der Waals surface area contributed by atoms with Crippen LogP contribution in [0.15, 0.2) is 6.33 Å². The molecule has 0 saturated heterocycles. The van der Waals surface area contributed by atoms with Crippen LogP contribution >= 0.6 is 0 Å². The van der Waals surface area contributed by atoms with Crippen LogP contribution in [-0.2, 0) is 23.3 Å². The second-order valence-electron chi connectivity index (χ2n) is 3.70. The molecule has 1 aromatic rings. The highest BCUT2D eigenvalue weighted by molar-refractivity contribution is 7.91. The van der Waals surface area contributed by atoms with Gasteiger partial charge >= 0.3 is 0 Å². The Bertz CT molecular complexity index is 426. The van der Waals surface area contributed by atoms with Crippen molar-refractivity contribution in [1.82, 2.24) is 14.8 Å². The number of aryl methyl sites for hydroxylation is 1. The maximum Gasteiger partial charge on any atom is 0.151 e. The standard InChI is InChI=1S/C8H16N4O2S/c1-6(15(3,13)14)7(9)4-8-10-5-11-12(8)2/h5-7H,4,9H2,1-3H3. The summed E-state index contributed by atoms with van der Waals surface area (Å²) in [6, 6.07) is -0.456. The van der Waals surface area contributed by atoms with Crippen molar-refractivity contribution >= 4 is 9.84 Å². The van der Waals surface area contributed by atoms with Crippen LogP contribution in [0, 0.1) is 0 Å². The fourth-order valence-electron chi connectivity index (χ4n) is 1.20. The Kier molecular flexibility index (Phi) is 3.46. The van der Waals surface area contributed by atoms with Gasteiger partial charge in [-0.05, 0) is 6.92 Å². The number of sulfone groups is 1. The highest BCUT2D eigenvalue weighted by Crippen LogP contribution is 2.07. The van der Waals surface area contributed by atoms with Crippen molar-refractivity contribution < 1.29 is 8.42 Å². The van der Waals surface area contributed by atoms with Gasteiger partial charge < -0.3 is 5.73 Å². The molecule has 2 unspecified atom stereocenters. The minimum absolute atomic E-state index is 0.407. The van der Waals surface area contributed by atoms with Gasteiger partial charge in [0.05, 0.1) is 5.25 Å². The maximum atomic E-state index is 11.3. The molecule has 0 saturated carbocycles. The second-order valence-corrected chi connectivity index (χ2v) is 6.11. The van der Waals surface area contributed by atoms with E-state index in [1.54, 1.807) is 18.7 Å². The number of nitrogens with two attached hydrogens (primary N) is 1. The zero-order valence-corrected chi connectivity index (χ0v) is 9.90. The van der Waals surface area contributed by atoms with E-state index in [4.69, 9.17) is 5.73 Å². The van der Waals surface area contributed by atoms with Gasteiger partial charge in [-0.25, -0.2) is 13.4 Å². The van der Waals surface area contributed by atoms with E-state index in [2.05, 4.69) is 10.1 Å². The van der Waals surface area contributed by atoms with Crippen LogP contribution < -0.4 is 5.73 Å². The molecule has 7 heteroatoms. The molecule has 2 N–H and O–H groups in total. The molecule has 2 atom stereocenters. The third-order valence-corrected chi connectivity index (χ3v) is 4.20. The summed E-state index contributed by atoms with van der Waals surface area (Å²) in [6.45, 7) is 1.61. The second kappa shape index (κ2) is 4.28. The van der Waals surface area contributed by atoms with Crippen LogP contribution in [0.2, 0.25) is 0 Å². The topological polar surface area (TPSA) is 90.9 Å². The van der Waals surface area contributed by atoms with Gasteiger partial charge in [0.2, 0.25) is 0 Å². The summed E-state index contributed by atoms with van der Waals surface area (Å²) >= 11 is 0.